The van der Waals surface area contributed by atoms with Crippen molar-refractivity contribution in [3.05, 3.63) is 29.8 Å². The van der Waals surface area contributed by atoms with E-state index in [1.54, 1.807) is 24.3 Å². The average molecular weight is 382 g/mol. The quantitative estimate of drug-likeness (QED) is 0.465. The summed E-state index contributed by atoms with van der Waals surface area (Å²) in [4.78, 5) is 18.6. The zero-order valence-corrected chi connectivity index (χ0v) is 16.1. The van der Waals surface area contributed by atoms with Gasteiger partial charge in [0.25, 0.3) is 0 Å². The molecule has 0 unspecified atom stereocenters. The first-order valence-corrected chi connectivity index (χ1v) is 10.3. The molecule has 1 heterocycles. The Morgan fingerprint density at radius 2 is 1.81 bits per heavy atom. The summed E-state index contributed by atoms with van der Waals surface area (Å²) in [5, 5.41) is 6.16. The second-order valence-electron chi connectivity index (χ2n) is 5.99. The summed E-state index contributed by atoms with van der Waals surface area (Å²) in [6.07, 6.45) is 2.14. The van der Waals surface area contributed by atoms with Crippen LogP contribution in [0.25, 0.3) is 0 Å². The zero-order chi connectivity index (χ0) is 19.0. The fourth-order valence-corrected chi connectivity index (χ4v) is 3.37. The number of hydrogen-bond donors (Lipinski definition) is 3. The lowest BCUT2D eigenvalue weighted by Gasteiger charge is -2.17. The highest BCUT2D eigenvalue weighted by Gasteiger charge is 2.17. The predicted molar refractivity (Wildman–Crippen MR) is 101 cm³/mol. The molecule has 1 aromatic carbocycles. The Hall–Kier alpha value is -2.13. The zero-order valence-electron chi connectivity index (χ0n) is 15.3. The molecule has 26 heavy (non-hydrogen) atoms. The van der Waals surface area contributed by atoms with E-state index < -0.39 is 10.0 Å². The van der Waals surface area contributed by atoms with Gasteiger partial charge in [0.2, 0.25) is 15.9 Å². The number of hydrogen-bond acceptors (Lipinski definition) is 4. The van der Waals surface area contributed by atoms with Crippen LogP contribution in [-0.4, -0.2) is 58.4 Å². The van der Waals surface area contributed by atoms with Crippen molar-refractivity contribution in [2.75, 3.05) is 33.2 Å². The first kappa shape index (κ1) is 20.2. The second kappa shape index (κ2) is 9.54. The molecule has 0 atom stereocenters. The van der Waals surface area contributed by atoms with Crippen molar-refractivity contribution in [2.45, 2.75) is 31.2 Å². The molecule has 1 aliphatic rings. The summed E-state index contributed by atoms with van der Waals surface area (Å²) in [6, 6.07) is 6.56. The number of carbonyl (C=O) groups is 1. The molecule has 0 saturated carbocycles. The summed E-state index contributed by atoms with van der Waals surface area (Å²) in [6.45, 7) is 4.89. The Bertz CT molecular complexity index is 725. The molecule has 3 N–H and O–H groups in total. The van der Waals surface area contributed by atoms with E-state index in [-0.39, 0.29) is 17.3 Å². The van der Waals surface area contributed by atoms with Gasteiger partial charge in [-0.2, -0.15) is 0 Å². The lowest BCUT2D eigenvalue weighted by Crippen LogP contribution is -2.44. The number of carbonyl (C=O) groups excluding carboxylic acids is 1. The van der Waals surface area contributed by atoms with Gasteiger partial charge < -0.3 is 15.5 Å². The molecule has 1 aromatic rings. The van der Waals surface area contributed by atoms with Gasteiger partial charge in [0, 0.05) is 19.6 Å². The first-order chi connectivity index (χ1) is 12.5. The Balaban J connectivity index is 1.94. The molecule has 144 valence electrons. The molecular weight excluding hydrogens is 354 g/mol. The van der Waals surface area contributed by atoms with Gasteiger partial charge in [0.05, 0.1) is 18.0 Å². The van der Waals surface area contributed by atoms with Gasteiger partial charge in [-0.25, -0.2) is 18.1 Å². The molecule has 1 fully saturated rings. The summed E-state index contributed by atoms with van der Waals surface area (Å²) < 4.78 is 25.7. The van der Waals surface area contributed by atoms with Crippen LogP contribution in [0.2, 0.25) is 0 Å². The molecule has 0 aliphatic carbocycles. The van der Waals surface area contributed by atoms with Crippen LogP contribution in [0.5, 0.6) is 0 Å². The van der Waals surface area contributed by atoms with E-state index >= 15 is 0 Å². The maximum Gasteiger partial charge on any atom is 0.241 e. The van der Waals surface area contributed by atoms with Crippen LogP contribution in [0.4, 0.5) is 0 Å². The molecule has 0 radical (unpaired) electrons. The number of sulfonamides is 1. The average Bonchev–Trinajstić information content (AvgIpc) is 3.19. The maximum atomic E-state index is 12.1. The van der Waals surface area contributed by atoms with Gasteiger partial charge in [0.1, 0.15) is 0 Å². The molecule has 0 aromatic heterocycles. The highest BCUT2D eigenvalue weighted by atomic mass is 32.2. The Labute approximate surface area is 155 Å². The minimum Gasteiger partial charge on any atom is -0.357 e. The van der Waals surface area contributed by atoms with E-state index in [1.165, 1.54) is 7.05 Å². The molecule has 1 saturated heterocycles. The minimum absolute atomic E-state index is 0.0785. The lowest BCUT2D eigenvalue weighted by molar-refractivity contribution is -0.128. The fraction of sp³-hybridized carbons (Fsp3) is 0.529. The molecule has 0 spiro atoms. The summed E-state index contributed by atoms with van der Waals surface area (Å²) in [7, 11) is -2.05. The van der Waals surface area contributed by atoms with Gasteiger partial charge in [-0.1, -0.05) is 12.1 Å². The lowest BCUT2D eigenvalue weighted by atomic mass is 10.2. The van der Waals surface area contributed by atoms with Crippen LogP contribution in [-0.2, 0) is 21.4 Å². The SMILES string of the molecule is CCNC(=NCc1ccc(S(=O)(=O)NC)cc1)NCC(=O)N1CCCC1. The number of nitrogens with zero attached hydrogens (tertiary/aromatic N) is 2. The molecule has 1 aliphatic heterocycles. The summed E-state index contributed by atoms with van der Waals surface area (Å²) in [5.74, 6) is 0.640. The highest BCUT2D eigenvalue weighted by molar-refractivity contribution is 7.89. The third-order valence-corrected chi connectivity index (χ3v) is 5.56. The van der Waals surface area contributed by atoms with Gasteiger partial charge >= 0.3 is 0 Å². The van der Waals surface area contributed by atoms with Crippen LogP contribution in [0.1, 0.15) is 25.3 Å². The van der Waals surface area contributed by atoms with Gasteiger partial charge in [-0.15, -0.1) is 0 Å². The Kier molecular flexibility index (Phi) is 7.40. The van der Waals surface area contributed by atoms with E-state index in [2.05, 4.69) is 20.3 Å². The first-order valence-electron chi connectivity index (χ1n) is 8.78. The fourth-order valence-electron chi connectivity index (χ4n) is 2.64. The molecule has 2 rings (SSSR count). The van der Waals surface area contributed by atoms with Crippen LogP contribution in [0.15, 0.2) is 34.2 Å². The van der Waals surface area contributed by atoms with Crippen molar-refractivity contribution in [3.63, 3.8) is 0 Å². The number of guanidine groups is 1. The van der Waals surface area contributed by atoms with Crippen LogP contribution < -0.4 is 15.4 Å². The van der Waals surface area contributed by atoms with Gasteiger partial charge in [0.15, 0.2) is 5.96 Å². The van der Waals surface area contributed by atoms with E-state index in [0.717, 1.165) is 31.5 Å². The topological polar surface area (TPSA) is 103 Å². The summed E-state index contributed by atoms with van der Waals surface area (Å²) in [5.41, 5.74) is 0.878. The van der Waals surface area contributed by atoms with Crippen molar-refractivity contribution >= 4 is 21.9 Å². The van der Waals surface area contributed by atoms with Crippen molar-refractivity contribution in [1.29, 1.82) is 0 Å². The van der Waals surface area contributed by atoms with E-state index in [9.17, 15) is 13.2 Å². The van der Waals surface area contributed by atoms with E-state index in [4.69, 9.17) is 0 Å². The highest BCUT2D eigenvalue weighted by Crippen LogP contribution is 2.11. The summed E-state index contributed by atoms with van der Waals surface area (Å²) >= 11 is 0. The van der Waals surface area contributed by atoms with E-state index in [0.29, 0.717) is 19.0 Å². The largest absolute Gasteiger partial charge is 0.357 e. The van der Waals surface area contributed by atoms with Crippen molar-refractivity contribution < 1.29 is 13.2 Å². The molecule has 9 heteroatoms. The molecule has 8 nitrogen and oxygen atoms in total. The number of aliphatic imine (C=N–C) groups is 1. The van der Waals surface area contributed by atoms with Crippen molar-refractivity contribution in [2.24, 2.45) is 4.99 Å². The monoisotopic (exact) mass is 381 g/mol. The van der Waals surface area contributed by atoms with E-state index in [1.807, 2.05) is 11.8 Å². The third kappa shape index (κ3) is 5.70. The van der Waals surface area contributed by atoms with Crippen LogP contribution >= 0.6 is 0 Å². The van der Waals surface area contributed by atoms with Gasteiger partial charge in [-0.3, -0.25) is 4.79 Å². The third-order valence-electron chi connectivity index (χ3n) is 4.13. The maximum absolute atomic E-state index is 12.1. The minimum atomic E-state index is -3.43. The standard InChI is InChI=1S/C17H27N5O3S/c1-3-19-17(21-13-16(23)22-10-4-5-11-22)20-12-14-6-8-15(9-7-14)26(24,25)18-2/h6-9,18H,3-5,10-13H2,1-2H3,(H2,19,20,21). The van der Waals surface area contributed by atoms with Crippen LogP contribution in [0, 0.1) is 0 Å². The number of amides is 1. The Morgan fingerprint density at radius 1 is 1.15 bits per heavy atom. The smallest absolute Gasteiger partial charge is 0.241 e. The normalized spacial score (nSPS) is 15.2. The molecular formula is C17H27N5O3S. The number of benzene rings is 1. The Morgan fingerprint density at radius 3 is 2.38 bits per heavy atom. The number of nitrogens with one attached hydrogen (secondary N) is 3. The second-order valence-corrected chi connectivity index (χ2v) is 7.87. The number of likely N-dealkylation sites (tertiary alicyclic amines) is 1. The molecule has 1 amide bonds. The van der Waals surface area contributed by atoms with Crippen molar-refractivity contribution in [3.8, 4) is 0 Å². The number of rotatable bonds is 7. The predicted octanol–water partition coefficient (Wildman–Crippen LogP) is 0.272. The van der Waals surface area contributed by atoms with Crippen LogP contribution in [0.3, 0.4) is 0 Å². The van der Waals surface area contributed by atoms with Crippen molar-refractivity contribution in [1.82, 2.24) is 20.3 Å². The molecule has 0 bridgehead atoms. The van der Waals surface area contributed by atoms with Gasteiger partial charge in [-0.05, 0) is 44.5 Å².